The third kappa shape index (κ3) is 2.60. The number of carboxylic acids is 1. The van der Waals surface area contributed by atoms with Gasteiger partial charge in [0.2, 0.25) is 0 Å². The van der Waals surface area contributed by atoms with E-state index < -0.39 is 17.6 Å². The van der Waals surface area contributed by atoms with E-state index in [4.69, 9.17) is 15.9 Å². The quantitative estimate of drug-likeness (QED) is 0.525. The third-order valence-electron chi connectivity index (χ3n) is 1.68. The lowest BCUT2D eigenvalue weighted by molar-refractivity contribution is -0.137. The number of pyridine rings is 1. The molecule has 0 fully saturated rings. The summed E-state index contributed by atoms with van der Waals surface area (Å²) in [6.07, 6.45) is -0.289. The lowest BCUT2D eigenvalue weighted by Gasteiger charge is -2.08. The molecule has 0 saturated carbocycles. The minimum absolute atomic E-state index is 0.289. The molecule has 0 aliphatic heterocycles. The summed E-state index contributed by atoms with van der Waals surface area (Å²) in [5.41, 5.74) is 5.28. The first-order chi connectivity index (χ1) is 6.49. The van der Waals surface area contributed by atoms with E-state index >= 15 is 0 Å². The van der Waals surface area contributed by atoms with E-state index in [0.29, 0.717) is 5.56 Å². The first-order valence-electron chi connectivity index (χ1n) is 3.89. The van der Waals surface area contributed by atoms with Crippen molar-refractivity contribution in [1.82, 2.24) is 4.98 Å². The van der Waals surface area contributed by atoms with Crippen molar-refractivity contribution in [3.8, 4) is 5.88 Å². The van der Waals surface area contributed by atoms with Crippen LogP contribution in [-0.2, 0) is 4.79 Å². The lowest BCUT2D eigenvalue weighted by atomic mass is 10.1. The summed E-state index contributed by atoms with van der Waals surface area (Å²) in [5.74, 6) is -1.38. The molecule has 1 aromatic rings. The van der Waals surface area contributed by atoms with Crippen LogP contribution in [0.25, 0.3) is 0 Å². The fraction of sp³-hybridized carbons (Fsp3) is 0.250. The summed E-state index contributed by atoms with van der Waals surface area (Å²) < 4.78 is 0. The zero-order chi connectivity index (χ0) is 10.7. The van der Waals surface area contributed by atoms with Gasteiger partial charge in [0, 0.05) is 18.2 Å². The Bertz CT molecular complexity index is 399. The molecule has 1 aromatic heterocycles. The van der Waals surface area contributed by atoms with Crippen molar-refractivity contribution in [3.05, 3.63) is 28.0 Å². The number of nitrogens with two attached hydrogens (primary N) is 1. The number of H-pyrrole nitrogens is 1. The van der Waals surface area contributed by atoms with Gasteiger partial charge in [-0.3, -0.25) is 14.6 Å². The Kier molecular flexibility index (Phi) is 2.88. The van der Waals surface area contributed by atoms with E-state index in [9.17, 15) is 9.59 Å². The number of aromatic nitrogens is 1. The van der Waals surface area contributed by atoms with Gasteiger partial charge >= 0.3 is 5.97 Å². The molecule has 5 N–H and O–H groups in total. The SMILES string of the molecule is N[C@H](CC(=O)O)c1cc(O)[nH]c(=O)c1. The molecule has 0 radical (unpaired) electrons. The lowest BCUT2D eigenvalue weighted by Crippen LogP contribution is -2.17. The molecule has 14 heavy (non-hydrogen) atoms. The van der Waals surface area contributed by atoms with Crippen LogP contribution >= 0.6 is 0 Å². The van der Waals surface area contributed by atoms with Crippen LogP contribution in [0.5, 0.6) is 5.88 Å². The van der Waals surface area contributed by atoms with Gasteiger partial charge in [0.15, 0.2) is 5.88 Å². The fourth-order valence-electron chi connectivity index (χ4n) is 1.07. The van der Waals surface area contributed by atoms with Crippen LogP contribution in [0, 0.1) is 0 Å². The number of hydrogen-bond acceptors (Lipinski definition) is 4. The monoisotopic (exact) mass is 198 g/mol. The number of aromatic hydroxyl groups is 1. The molecule has 1 heterocycles. The number of carboxylic acid groups (broad SMARTS) is 1. The van der Waals surface area contributed by atoms with E-state index in [1.165, 1.54) is 6.07 Å². The molecule has 0 amide bonds. The average molecular weight is 198 g/mol. The van der Waals surface area contributed by atoms with Gasteiger partial charge in [-0.1, -0.05) is 0 Å². The Hall–Kier alpha value is -1.82. The number of rotatable bonds is 3. The second-order valence-corrected chi connectivity index (χ2v) is 2.87. The minimum Gasteiger partial charge on any atom is -0.495 e. The highest BCUT2D eigenvalue weighted by Crippen LogP contribution is 2.14. The van der Waals surface area contributed by atoms with Crippen molar-refractivity contribution in [1.29, 1.82) is 0 Å². The van der Waals surface area contributed by atoms with Crippen LogP contribution in [0.3, 0.4) is 0 Å². The Morgan fingerprint density at radius 1 is 1.57 bits per heavy atom. The third-order valence-corrected chi connectivity index (χ3v) is 1.68. The minimum atomic E-state index is -1.06. The van der Waals surface area contributed by atoms with Gasteiger partial charge in [0.25, 0.3) is 5.56 Å². The number of aliphatic carboxylic acids is 1. The predicted molar refractivity (Wildman–Crippen MR) is 47.9 cm³/mol. The van der Waals surface area contributed by atoms with Gasteiger partial charge in [-0.25, -0.2) is 0 Å². The smallest absolute Gasteiger partial charge is 0.305 e. The number of hydrogen-bond donors (Lipinski definition) is 4. The highest BCUT2D eigenvalue weighted by atomic mass is 16.4. The molecule has 0 aliphatic carbocycles. The molecule has 76 valence electrons. The van der Waals surface area contributed by atoms with Crippen LogP contribution in [-0.4, -0.2) is 21.2 Å². The molecule has 0 aliphatic rings. The van der Waals surface area contributed by atoms with Crippen molar-refractivity contribution in [2.75, 3.05) is 0 Å². The second kappa shape index (κ2) is 3.93. The zero-order valence-electron chi connectivity index (χ0n) is 7.23. The first kappa shape index (κ1) is 10.3. The van der Waals surface area contributed by atoms with E-state index in [1.807, 2.05) is 0 Å². The van der Waals surface area contributed by atoms with Gasteiger partial charge < -0.3 is 15.9 Å². The summed E-state index contributed by atoms with van der Waals surface area (Å²) in [6.45, 7) is 0. The number of aromatic amines is 1. The maximum Gasteiger partial charge on any atom is 0.305 e. The maximum atomic E-state index is 10.9. The van der Waals surface area contributed by atoms with Crippen molar-refractivity contribution in [2.45, 2.75) is 12.5 Å². The topological polar surface area (TPSA) is 116 Å². The number of nitrogens with one attached hydrogen (secondary N) is 1. The molecule has 6 nitrogen and oxygen atoms in total. The van der Waals surface area contributed by atoms with Gasteiger partial charge in [0.1, 0.15) is 0 Å². The molecular weight excluding hydrogens is 188 g/mol. The van der Waals surface area contributed by atoms with Crippen molar-refractivity contribution in [2.24, 2.45) is 5.73 Å². The van der Waals surface area contributed by atoms with Gasteiger partial charge in [-0.2, -0.15) is 0 Å². The molecule has 6 heteroatoms. The predicted octanol–water partition coefficient (Wildman–Crippen LogP) is -0.445. The van der Waals surface area contributed by atoms with Crippen LogP contribution in [0.2, 0.25) is 0 Å². The van der Waals surface area contributed by atoms with Gasteiger partial charge in [-0.05, 0) is 5.56 Å². The molecule has 1 atom stereocenters. The Morgan fingerprint density at radius 2 is 2.21 bits per heavy atom. The van der Waals surface area contributed by atoms with Gasteiger partial charge in [-0.15, -0.1) is 0 Å². The molecule has 0 spiro atoms. The van der Waals surface area contributed by atoms with E-state index in [2.05, 4.69) is 4.98 Å². The van der Waals surface area contributed by atoms with Crippen molar-refractivity contribution in [3.63, 3.8) is 0 Å². The normalized spacial score (nSPS) is 12.4. The van der Waals surface area contributed by atoms with Crippen molar-refractivity contribution >= 4 is 5.97 Å². The molecule has 0 aromatic carbocycles. The average Bonchev–Trinajstić information content (AvgIpc) is 2.00. The highest BCUT2D eigenvalue weighted by molar-refractivity contribution is 5.67. The molecule has 0 saturated heterocycles. The Balaban J connectivity index is 2.95. The fourth-order valence-corrected chi connectivity index (χ4v) is 1.07. The highest BCUT2D eigenvalue weighted by Gasteiger charge is 2.11. The first-order valence-corrected chi connectivity index (χ1v) is 3.89. The molecule has 0 unspecified atom stereocenters. The Labute approximate surface area is 79.0 Å². The largest absolute Gasteiger partial charge is 0.495 e. The van der Waals surface area contributed by atoms with Gasteiger partial charge in [0.05, 0.1) is 6.42 Å². The van der Waals surface area contributed by atoms with Crippen LogP contribution in [0.15, 0.2) is 16.9 Å². The van der Waals surface area contributed by atoms with Crippen LogP contribution < -0.4 is 11.3 Å². The summed E-state index contributed by atoms with van der Waals surface area (Å²) in [4.78, 5) is 23.3. The van der Waals surface area contributed by atoms with E-state index in [-0.39, 0.29) is 12.3 Å². The molecule has 1 rings (SSSR count). The standard InChI is InChI=1S/C8H10N2O4/c9-5(3-8(13)14)4-1-6(11)10-7(12)2-4/h1-2,5H,3,9H2,(H,13,14)(H2,10,11,12)/t5-/m1/s1. The van der Waals surface area contributed by atoms with Crippen LogP contribution in [0.1, 0.15) is 18.0 Å². The summed E-state index contributed by atoms with van der Waals surface area (Å²) >= 11 is 0. The van der Waals surface area contributed by atoms with E-state index in [1.54, 1.807) is 0 Å². The second-order valence-electron chi connectivity index (χ2n) is 2.87. The van der Waals surface area contributed by atoms with Crippen molar-refractivity contribution < 1.29 is 15.0 Å². The van der Waals surface area contributed by atoms with Crippen LogP contribution in [0.4, 0.5) is 0 Å². The Morgan fingerprint density at radius 3 is 2.71 bits per heavy atom. The summed E-state index contributed by atoms with van der Waals surface area (Å²) in [6, 6.07) is 1.60. The maximum absolute atomic E-state index is 10.9. The summed E-state index contributed by atoms with van der Waals surface area (Å²) in [5, 5.41) is 17.5. The zero-order valence-corrected chi connectivity index (χ0v) is 7.23. The molecule has 0 bridgehead atoms. The molecular formula is C8H10N2O4. The number of carbonyl (C=O) groups is 1. The summed E-state index contributed by atoms with van der Waals surface area (Å²) in [7, 11) is 0. The van der Waals surface area contributed by atoms with E-state index in [0.717, 1.165) is 6.07 Å².